The summed E-state index contributed by atoms with van der Waals surface area (Å²) < 4.78 is 1.04. The molecule has 2 rings (SSSR count). The molecule has 1 aromatic rings. The molecular formula is C11H12BrNOS. The molecule has 1 amide bonds. The van der Waals surface area contributed by atoms with Crippen LogP contribution in [0.2, 0.25) is 0 Å². The highest BCUT2D eigenvalue weighted by molar-refractivity contribution is 9.10. The van der Waals surface area contributed by atoms with E-state index in [1.54, 1.807) is 11.8 Å². The summed E-state index contributed by atoms with van der Waals surface area (Å²) in [5, 5.41) is 2.96. The van der Waals surface area contributed by atoms with E-state index in [0.717, 1.165) is 20.8 Å². The molecule has 1 N–H and O–H groups in total. The first-order valence-corrected chi connectivity index (χ1v) is 6.51. The average molecular weight is 286 g/mol. The number of nitrogens with one attached hydrogen (secondary N) is 1. The summed E-state index contributed by atoms with van der Waals surface area (Å²) in [5.41, 5.74) is 0.606. The molecule has 1 aromatic carbocycles. The maximum atomic E-state index is 11.8. The van der Waals surface area contributed by atoms with Crippen LogP contribution in [-0.4, -0.2) is 11.7 Å². The highest BCUT2D eigenvalue weighted by Crippen LogP contribution is 2.38. The quantitative estimate of drug-likeness (QED) is 0.790. The Morgan fingerprint density at radius 3 is 2.93 bits per heavy atom. The summed E-state index contributed by atoms with van der Waals surface area (Å²) >= 11 is 5.15. The molecule has 0 spiro atoms. The fraction of sp³-hybridized carbons (Fsp3) is 0.364. The second kappa shape index (κ2) is 3.83. The van der Waals surface area contributed by atoms with Crippen molar-refractivity contribution in [3.05, 3.63) is 22.7 Å². The van der Waals surface area contributed by atoms with Crippen LogP contribution in [0.1, 0.15) is 13.8 Å². The Morgan fingerprint density at radius 2 is 2.20 bits per heavy atom. The van der Waals surface area contributed by atoms with E-state index in [4.69, 9.17) is 0 Å². The van der Waals surface area contributed by atoms with Crippen molar-refractivity contribution in [3.8, 4) is 0 Å². The molecular weight excluding hydrogens is 274 g/mol. The minimum atomic E-state index is -0.309. The zero-order valence-corrected chi connectivity index (χ0v) is 11.0. The van der Waals surface area contributed by atoms with Gasteiger partial charge >= 0.3 is 0 Å². The zero-order valence-electron chi connectivity index (χ0n) is 8.63. The van der Waals surface area contributed by atoms with Gasteiger partial charge in [-0.1, -0.05) is 29.8 Å². The topological polar surface area (TPSA) is 29.1 Å². The molecule has 0 unspecified atom stereocenters. The van der Waals surface area contributed by atoms with Crippen LogP contribution in [0.15, 0.2) is 27.6 Å². The number of hydrogen-bond donors (Lipinski definition) is 1. The zero-order chi connectivity index (χ0) is 11.1. The van der Waals surface area contributed by atoms with Gasteiger partial charge in [-0.25, -0.2) is 0 Å². The number of carbonyl (C=O) groups excluding carboxylic acids is 1. The van der Waals surface area contributed by atoms with Crippen molar-refractivity contribution in [1.82, 2.24) is 0 Å². The third-order valence-corrected chi connectivity index (χ3v) is 4.40. The van der Waals surface area contributed by atoms with Crippen molar-refractivity contribution < 1.29 is 4.79 Å². The maximum absolute atomic E-state index is 11.8. The van der Waals surface area contributed by atoms with Gasteiger partial charge in [-0.05, 0) is 18.2 Å². The monoisotopic (exact) mass is 285 g/mol. The van der Waals surface area contributed by atoms with Gasteiger partial charge in [-0.15, -0.1) is 11.8 Å². The average Bonchev–Trinajstić information content (AvgIpc) is 2.27. The van der Waals surface area contributed by atoms with Crippen LogP contribution < -0.4 is 5.32 Å². The van der Waals surface area contributed by atoms with Gasteiger partial charge < -0.3 is 5.32 Å². The molecule has 0 aromatic heterocycles. The van der Waals surface area contributed by atoms with E-state index in [0.29, 0.717) is 0 Å². The Morgan fingerprint density at radius 1 is 1.47 bits per heavy atom. The molecule has 0 radical (unpaired) electrons. The molecule has 0 atom stereocenters. The van der Waals surface area contributed by atoms with Crippen molar-refractivity contribution in [1.29, 1.82) is 0 Å². The number of amides is 1. The Hall–Kier alpha value is -0.480. The van der Waals surface area contributed by atoms with Gasteiger partial charge in [-0.3, -0.25) is 4.79 Å². The standard InChI is InChI=1S/C11H12BrNOS/c1-11(2)6-15-9-5-7(12)3-4-8(9)13-10(11)14/h3-5H,6H2,1-2H3,(H,13,14). The predicted molar refractivity (Wildman–Crippen MR) is 67.3 cm³/mol. The molecule has 2 nitrogen and oxygen atoms in total. The van der Waals surface area contributed by atoms with Gasteiger partial charge in [-0.2, -0.15) is 0 Å². The lowest BCUT2D eigenvalue weighted by molar-refractivity contribution is -0.122. The molecule has 0 saturated carbocycles. The molecule has 0 saturated heterocycles. The van der Waals surface area contributed by atoms with E-state index < -0.39 is 0 Å². The maximum Gasteiger partial charge on any atom is 0.230 e. The SMILES string of the molecule is CC1(C)CSc2cc(Br)ccc2NC1=O. The van der Waals surface area contributed by atoms with Crippen LogP contribution in [0.25, 0.3) is 0 Å². The van der Waals surface area contributed by atoms with Crippen molar-refractivity contribution in [2.45, 2.75) is 18.7 Å². The van der Waals surface area contributed by atoms with Crippen molar-refractivity contribution in [2.75, 3.05) is 11.1 Å². The number of fused-ring (bicyclic) bond motifs is 1. The van der Waals surface area contributed by atoms with Crippen LogP contribution in [0.3, 0.4) is 0 Å². The smallest absolute Gasteiger partial charge is 0.230 e. The Kier molecular flexibility index (Phi) is 2.81. The lowest BCUT2D eigenvalue weighted by Gasteiger charge is -2.18. The summed E-state index contributed by atoms with van der Waals surface area (Å²) in [7, 11) is 0. The molecule has 0 fully saturated rings. The number of benzene rings is 1. The summed E-state index contributed by atoms with van der Waals surface area (Å²) in [6.45, 7) is 3.94. The van der Waals surface area contributed by atoms with E-state index in [2.05, 4.69) is 21.2 Å². The summed E-state index contributed by atoms with van der Waals surface area (Å²) in [6.07, 6.45) is 0. The lowest BCUT2D eigenvalue weighted by Crippen LogP contribution is -2.31. The minimum Gasteiger partial charge on any atom is -0.325 e. The van der Waals surface area contributed by atoms with Gasteiger partial charge in [0.25, 0.3) is 0 Å². The number of hydrogen-bond acceptors (Lipinski definition) is 2. The van der Waals surface area contributed by atoms with E-state index >= 15 is 0 Å². The van der Waals surface area contributed by atoms with Gasteiger partial charge in [0.2, 0.25) is 5.91 Å². The first-order valence-electron chi connectivity index (χ1n) is 4.73. The van der Waals surface area contributed by atoms with E-state index in [9.17, 15) is 4.79 Å². The van der Waals surface area contributed by atoms with Crippen LogP contribution in [0.4, 0.5) is 5.69 Å². The van der Waals surface area contributed by atoms with Crippen LogP contribution in [-0.2, 0) is 4.79 Å². The number of halogens is 1. The fourth-order valence-corrected chi connectivity index (χ4v) is 2.98. The third-order valence-electron chi connectivity index (χ3n) is 2.40. The molecule has 15 heavy (non-hydrogen) atoms. The van der Waals surface area contributed by atoms with Crippen LogP contribution >= 0.6 is 27.7 Å². The minimum absolute atomic E-state index is 0.0936. The number of thioether (sulfide) groups is 1. The molecule has 4 heteroatoms. The van der Waals surface area contributed by atoms with Crippen LogP contribution in [0.5, 0.6) is 0 Å². The second-order valence-corrected chi connectivity index (χ2v) is 6.20. The van der Waals surface area contributed by atoms with Crippen molar-refractivity contribution in [2.24, 2.45) is 5.41 Å². The van der Waals surface area contributed by atoms with Gasteiger partial charge in [0.1, 0.15) is 0 Å². The predicted octanol–water partition coefficient (Wildman–Crippen LogP) is 3.52. The number of rotatable bonds is 0. The van der Waals surface area contributed by atoms with Gasteiger partial charge in [0.05, 0.1) is 11.1 Å². The molecule has 0 aliphatic carbocycles. The summed E-state index contributed by atoms with van der Waals surface area (Å²) in [5.74, 6) is 0.901. The highest BCUT2D eigenvalue weighted by Gasteiger charge is 2.31. The first-order chi connectivity index (χ1) is 6.99. The second-order valence-electron chi connectivity index (χ2n) is 4.27. The molecule has 80 valence electrons. The van der Waals surface area contributed by atoms with E-state index in [-0.39, 0.29) is 11.3 Å². The normalized spacial score (nSPS) is 19.0. The molecule has 1 heterocycles. The summed E-state index contributed by atoms with van der Waals surface area (Å²) in [4.78, 5) is 13.0. The van der Waals surface area contributed by atoms with Crippen molar-refractivity contribution >= 4 is 39.3 Å². The van der Waals surface area contributed by atoms with Gasteiger partial charge in [0, 0.05) is 15.1 Å². The Labute approximate surface area is 102 Å². The Balaban J connectivity index is 2.40. The van der Waals surface area contributed by atoms with Crippen LogP contribution in [0, 0.1) is 5.41 Å². The van der Waals surface area contributed by atoms with Crippen molar-refractivity contribution in [3.63, 3.8) is 0 Å². The first kappa shape index (κ1) is 11.0. The van der Waals surface area contributed by atoms with E-state index in [1.807, 2.05) is 32.0 Å². The molecule has 0 bridgehead atoms. The van der Waals surface area contributed by atoms with Gasteiger partial charge in [0.15, 0.2) is 0 Å². The molecule has 1 aliphatic heterocycles. The molecule has 1 aliphatic rings. The van der Waals surface area contributed by atoms with E-state index in [1.165, 1.54) is 0 Å². The summed E-state index contributed by atoms with van der Waals surface area (Å²) in [6, 6.07) is 5.92. The lowest BCUT2D eigenvalue weighted by atomic mass is 9.95. The Bertz CT molecular complexity index is 417. The number of carbonyl (C=O) groups is 1. The number of anilines is 1. The largest absolute Gasteiger partial charge is 0.325 e. The fourth-order valence-electron chi connectivity index (χ4n) is 1.33. The highest BCUT2D eigenvalue weighted by atomic mass is 79.9. The third kappa shape index (κ3) is 2.21.